The molecule has 5 nitrogen and oxygen atoms in total. The molecule has 1 unspecified atom stereocenters. The van der Waals surface area contributed by atoms with Crippen molar-refractivity contribution in [2.24, 2.45) is 0 Å². The third-order valence-corrected chi connectivity index (χ3v) is 2.55. The Bertz CT molecular complexity index is 309. The van der Waals surface area contributed by atoms with Gasteiger partial charge in [0.25, 0.3) is 0 Å². The molecule has 0 radical (unpaired) electrons. The molecule has 1 heterocycles. The van der Waals surface area contributed by atoms with E-state index in [-0.39, 0.29) is 0 Å². The fourth-order valence-electron chi connectivity index (χ4n) is 1.33. The van der Waals surface area contributed by atoms with Gasteiger partial charge >= 0.3 is 0 Å². The summed E-state index contributed by atoms with van der Waals surface area (Å²) >= 11 is 0. The standard InChI is InChI=1S/C10H19N3O2/c1-5-6-13-8(7-11-12-13)9(14)10(2,3)15-4/h7,9,14H,5-6H2,1-4H3. The summed E-state index contributed by atoms with van der Waals surface area (Å²) in [6.07, 6.45) is 1.82. The summed E-state index contributed by atoms with van der Waals surface area (Å²) in [4.78, 5) is 0. The number of hydrogen-bond acceptors (Lipinski definition) is 4. The number of rotatable bonds is 5. The van der Waals surface area contributed by atoms with Crippen molar-refractivity contribution in [1.82, 2.24) is 15.0 Å². The zero-order chi connectivity index (χ0) is 11.5. The van der Waals surface area contributed by atoms with Crippen LogP contribution in [0.25, 0.3) is 0 Å². The molecule has 1 rings (SSSR count). The van der Waals surface area contributed by atoms with Crippen molar-refractivity contribution in [3.05, 3.63) is 11.9 Å². The Kier molecular flexibility index (Phi) is 3.82. The molecular weight excluding hydrogens is 194 g/mol. The molecule has 0 spiro atoms. The molecule has 0 fully saturated rings. The highest BCUT2D eigenvalue weighted by molar-refractivity contribution is 5.04. The molecule has 0 aromatic carbocycles. The Morgan fingerprint density at radius 2 is 2.27 bits per heavy atom. The van der Waals surface area contributed by atoms with Crippen LogP contribution in [0, 0.1) is 0 Å². The van der Waals surface area contributed by atoms with Gasteiger partial charge in [0.15, 0.2) is 0 Å². The molecule has 1 N–H and O–H groups in total. The summed E-state index contributed by atoms with van der Waals surface area (Å²) in [5, 5.41) is 17.9. The lowest BCUT2D eigenvalue weighted by Gasteiger charge is -2.28. The summed E-state index contributed by atoms with van der Waals surface area (Å²) in [7, 11) is 1.58. The smallest absolute Gasteiger partial charge is 0.126 e. The molecule has 1 aromatic heterocycles. The Balaban J connectivity index is 2.90. The molecule has 0 saturated carbocycles. The monoisotopic (exact) mass is 213 g/mol. The van der Waals surface area contributed by atoms with Crippen molar-refractivity contribution in [2.45, 2.75) is 45.4 Å². The molecule has 0 bridgehead atoms. The van der Waals surface area contributed by atoms with Crippen molar-refractivity contribution in [3.63, 3.8) is 0 Å². The van der Waals surface area contributed by atoms with E-state index in [1.54, 1.807) is 18.0 Å². The van der Waals surface area contributed by atoms with Crippen LogP contribution in [-0.4, -0.2) is 32.8 Å². The number of hydrogen-bond donors (Lipinski definition) is 1. The maximum atomic E-state index is 10.1. The van der Waals surface area contributed by atoms with Gasteiger partial charge in [0.2, 0.25) is 0 Å². The minimum atomic E-state index is -0.718. The Hall–Kier alpha value is -0.940. The van der Waals surface area contributed by atoms with Crippen molar-refractivity contribution in [1.29, 1.82) is 0 Å². The predicted octanol–water partition coefficient (Wildman–Crippen LogP) is 1.15. The minimum Gasteiger partial charge on any atom is -0.384 e. The Morgan fingerprint density at radius 1 is 1.60 bits per heavy atom. The van der Waals surface area contributed by atoms with E-state index in [2.05, 4.69) is 17.2 Å². The normalized spacial score (nSPS) is 14.2. The van der Waals surface area contributed by atoms with E-state index >= 15 is 0 Å². The van der Waals surface area contributed by atoms with E-state index < -0.39 is 11.7 Å². The first-order chi connectivity index (χ1) is 7.03. The maximum absolute atomic E-state index is 10.1. The van der Waals surface area contributed by atoms with Gasteiger partial charge in [0.05, 0.1) is 17.5 Å². The predicted molar refractivity (Wildman–Crippen MR) is 56.4 cm³/mol. The molecule has 0 aliphatic rings. The van der Waals surface area contributed by atoms with Crippen LogP contribution in [0.5, 0.6) is 0 Å². The highest BCUT2D eigenvalue weighted by Gasteiger charge is 2.31. The number of aryl methyl sites for hydroxylation is 1. The number of aliphatic hydroxyl groups is 1. The lowest BCUT2D eigenvalue weighted by atomic mass is 9.99. The fraction of sp³-hybridized carbons (Fsp3) is 0.800. The zero-order valence-electron chi connectivity index (χ0n) is 9.77. The second-order valence-corrected chi connectivity index (χ2v) is 4.09. The van der Waals surface area contributed by atoms with Crippen LogP contribution in [0.3, 0.4) is 0 Å². The first kappa shape index (κ1) is 12.1. The van der Waals surface area contributed by atoms with E-state index in [4.69, 9.17) is 4.74 Å². The van der Waals surface area contributed by atoms with Gasteiger partial charge in [-0.2, -0.15) is 0 Å². The van der Waals surface area contributed by atoms with Crippen LogP contribution in [0.2, 0.25) is 0 Å². The highest BCUT2D eigenvalue weighted by atomic mass is 16.5. The molecule has 0 aliphatic heterocycles. The SMILES string of the molecule is CCCn1nncc1C(O)C(C)(C)OC. The van der Waals surface area contributed by atoms with E-state index in [0.29, 0.717) is 5.69 Å². The largest absolute Gasteiger partial charge is 0.384 e. The van der Waals surface area contributed by atoms with Crippen LogP contribution < -0.4 is 0 Å². The van der Waals surface area contributed by atoms with Gasteiger partial charge in [-0.05, 0) is 20.3 Å². The van der Waals surface area contributed by atoms with Crippen LogP contribution >= 0.6 is 0 Å². The van der Waals surface area contributed by atoms with Gasteiger partial charge in [0, 0.05) is 13.7 Å². The zero-order valence-corrected chi connectivity index (χ0v) is 9.77. The first-order valence-electron chi connectivity index (χ1n) is 5.14. The van der Waals surface area contributed by atoms with Gasteiger partial charge in [-0.1, -0.05) is 12.1 Å². The molecule has 0 saturated heterocycles. The number of methoxy groups -OCH3 is 1. The summed E-state index contributed by atoms with van der Waals surface area (Å²) in [6.45, 7) is 6.48. The van der Waals surface area contributed by atoms with Gasteiger partial charge < -0.3 is 9.84 Å². The Morgan fingerprint density at radius 3 is 2.80 bits per heavy atom. The number of ether oxygens (including phenoxy) is 1. The molecule has 0 aliphatic carbocycles. The van der Waals surface area contributed by atoms with Gasteiger partial charge in [0.1, 0.15) is 6.10 Å². The van der Waals surface area contributed by atoms with E-state index in [0.717, 1.165) is 13.0 Å². The molecule has 1 atom stereocenters. The fourth-order valence-corrected chi connectivity index (χ4v) is 1.33. The average Bonchev–Trinajstić information content (AvgIpc) is 2.65. The second kappa shape index (κ2) is 4.72. The number of nitrogens with zero attached hydrogens (tertiary/aromatic N) is 3. The number of aliphatic hydroxyl groups excluding tert-OH is 1. The average molecular weight is 213 g/mol. The first-order valence-corrected chi connectivity index (χ1v) is 5.14. The second-order valence-electron chi connectivity index (χ2n) is 4.09. The van der Waals surface area contributed by atoms with Crippen LogP contribution in [0.1, 0.15) is 39.0 Å². The van der Waals surface area contributed by atoms with Crippen molar-refractivity contribution in [3.8, 4) is 0 Å². The quantitative estimate of drug-likeness (QED) is 0.797. The molecule has 86 valence electrons. The lowest BCUT2D eigenvalue weighted by molar-refractivity contribution is -0.0826. The summed E-state index contributed by atoms with van der Waals surface area (Å²) in [6, 6.07) is 0. The van der Waals surface area contributed by atoms with E-state index in [9.17, 15) is 5.11 Å². The maximum Gasteiger partial charge on any atom is 0.126 e. The lowest BCUT2D eigenvalue weighted by Crippen LogP contribution is -2.33. The highest BCUT2D eigenvalue weighted by Crippen LogP contribution is 2.27. The van der Waals surface area contributed by atoms with Crippen molar-refractivity contribution < 1.29 is 9.84 Å². The van der Waals surface area contributed by atoms with Gasteiger partial charge in [-0.3, -0.25) is 0 Å². The molecule has 15 heavy (non-hydrogen) atoms. The topological polar surface area (TPSA) is 60.2 Å². The molecule has 0 amide bonds. The minimum absolute atomic E-state index is 0.632. The summed E-state index contributed by atoms with van der Waals surface area (Å²) in [5.74, 6) is 0. The van der Waals surface area contributed by atoms with Gasteiger partial charge in [-0.25, -0.2) is 4.68 Å². The van der Waals surface area contributed by atoms with E-state index in [1.165, 1.54) is 0 Å². The third kappa shape index (κ3) is 2.54. The summed E-state index contributed by atoms with van der Waals surface area (Å²) < 4.78 is 6.95. The van der Waals surface area contributed by atoms with Crippen LogP contribution in [0.15, 0.2) is 6.20 Å². The third-order valence-electron chi connectivity index (χ3n) is 2.55. The van der Waals surface area contributed by atoms with Gasteiger partial charge in [-0.15, -0.1) is 5.10 Å². The van der Waals surface area contributed by atoms with Crippen molar-refractivity contribution >= 4 is 0 Å². The van der Waals surface area contributed by atoms with E-state index in [1.807, 2.05) is 13.8 Å². The number of aromatic nitrogens is 3. The Labute approximate surface area is 90.1 Å². The van der Waals surface area contributed by atoms with Crippen LogP contribution in [-0.2, 0) is 11.3 Å². The molecular formula is C10H19N3O2. The summed E-state index contributed by atoms with van der Waals surface area (Å²) in [5.41, 5.74) is 0.0661. The molecule has 5 heteroatoms. The van der Waals surface area contributed by atoms with Crippen LogP contribution in [0.4, 0.5) is 0 Å². The molecule has 1 aromatic rings. The van der Waals surface area contributed by atoms with Crippen molar-refractivity contribution in [2.75, 3.05) is 7.11 Å².